The van der Waals surface area contributed by atoms with Gasteiger partial charge in [-0.15, -0.1) is 0 Å². The van der Waals surface area contributed by atoms with E-state index in [1.54, 1.807) is 0 Å². The Morgan fingerprint density at radius 3 is 2.67 bits per heavy atom. The van der Waals surface area contributed by atoms with E-state index < -0.39 is 24.2 Å². The predicted octanol–water partition coefficient (Wildman–Crippen LogP) is 1.91. The molecule has 4 nitrogen and oxygen atoms in total. The summed E-state index contributed by atoms with van der Waals surface area (Å²) in [5.41, 5.74) is -0.00951. The standard InChI is InChI=1S/C11H9F3O4/c1-17-6-2-3-7-8(15)5-10(16,11(12,13)14)18-9(7)4-6/h2-4,16H,5H2,1H3/t10-/m0/s1. The summed E-state index contributed by atoms with van der Waals surface area (Å²) >= 11 is 0. The number of carbonyl (C=O) groups is 1. The van der Waals surface area contributed by atoms with Gasteiger partial charge in [-0.2, -0.15) is 13.2 Å². The molecule has 1 N–H and O–H groups in total. The highest BCUT2D eigenvalue weighted by atomic mass is 19.4. The van der Waals surface area contributed by atoms with Crippen molar-refractivity contribution >= 4 is 5.78 Å². The fourth-order valence-electron chi connectivity index (χ4n) is 1.63. The van der Waals surface area contributed by atoms with Crippen molar-refractivity contribution in [3.8, 4) is 11.5 Å². The minimum Gasteiger partial charge on any atom is -0.497 e. The minimum atomic E-state index is -5.05. The molecule has 2 rings (SSSR count). The normalized spacial score (nSPS) is 23.3. The smallest absolute Gasteiger partial charge is 0.455 e. The van der Waals surface area contributed by atoms with Crippen LogP contribution in [0.4, 0.5) is 13.2 Å². The maximum absolute atomic E-state index is 12.6. The third kappa shape index (κ3) is 1.90. The first-order valence-corrected chi connectivity index (χ1v) is 4.96. The molecule has 0 saturated carbocycles. The van der Waals surface area contributed by atoms with Gasteiger partial charge in [0.25, 0.3) is 0 Å². The first-order valence-electron chi connectivity index (χ1n) is 4.96. The number of hydrogen-bond acceptors (Lipinski definition) is 4. The number of methoxy groups -OCH3 is 1. The Morgan fingerprint density at radius 2 is 2.11 bits per heavy atom. The van der Waals surface area contributed by atoms with Crippen LogP contribution in [0.5, 0.6) is 11.5 Å². The second-order valence-corrected chi connectivity index (χ2v) is 3.85. The summed E-state index contributed by atoms with van der Waals surface area (Å²) in [6, 6.07) is 3.85. The van der Waals surface area contributed by atoms with Crippen LogP contribution in [-0.2, 0) is 0 Å². The summed E-state index contributed by atoms with van der Waals surface area (Å²) in [5.74, 6) is -4.43. The van der Waals surface area contributed by atoms with Crippen molar-refractivity contribution in [2.75, 3.05) is 7.11 Å². The Labute approximate surface area is 99.9 Å². The van der Waals surface area contributed by atoms with Crippen molar-refractivity contribution in [1.82, 2.24) is 0 Å². The SMILES string of the molecule is COc1ccc2c(c1)O[C@](O)(C(F)(F)F)CC2=O. The average Bonchev–Trinajstić information content (AvgIpc) is 2.26. The number of fused-ring (bicyclic) bond motifs is 1. The van der Waals surface area contributed by atoms with Crippen molar-refractivity contribution in [2.24, 2.45) is 0 Å². The molecule has 0 fully saturated rings. The molecule has 0 aliphatic carbocycles. The summed E-state index contributed by atoms with van der Waals surface area (Å²) in [7, 11) is 1.32. The van der Waals surface area contributed by atoms with Crippen LogP contribution in [0.2, 0.25) is 0 Å². The van der Waals surface area contributed by atoms with Gasteiger partial charge in [-0.05, 0) is 12.1 Å². The lowest BCUT2D eigenvalue weighted by Gasteiger charge is -2.34. The molecule has 0 saturated heterocycles. The number of benzene rings is 1. The Kier molecular flexibility index (Phi) is 2.73. The molecule has 0 spiro atoms. The Hall–Kier alpha value is -1.76. The zero-order chi connectivity index (χ0) is 13.6. The number of carbonyl (C=O) groups excluding carboxylic acids is 1. The van der Waals surface area contributed by atoms with Crippen LogP contribution < -0.4 is 9.47 Å². The van der Waals surface area contributed by atoms with Crippen molar-refractivity contribution in [3.05, 3.63) is 23.8 Å². The van der Waals surface area contributed by atoms with Gasteiger partial charge in [-0.3, -0.25) is 4.79 Å². The summed E-state index contributed by atoms with van der Waals surface area (Å²) < 4.78 is 47.2. The summed E-state index contributed by atoms with van der Waals surface area (Å²) in [4.78, 5) is 11.6. The van der Waals surface area contributed by atoms with Crippen molar-refractivity contribution in [3.63, 3.8) is 0 Å². The van der Waals surface area contributed by atoms with Crippen molar-refractivity contribution in [2.45, 2.75) is 18.4 Å². The van der Waals surface area contributed by atoms with Gasteiger partial charge in [-0.25, -0.2) is 0 Å². The molecule has 0 unspecified atom stereocenters. The number of ether oxygens (including phenoxy) is 2. The molecule has 0 bridgehead atoms. The van der Waals surface area contributed by atoms with E-state index in [1.165, 1.54) is 19.2 Å². The zero-order valence-electron chi connectivity index (χ0n) is 9.25. The number of Topliss-reactive ketones (excluding diaryl/α,β-unsaturated/α-hetero) is 1. The Morgan fingerprint density at radius 1 is 1.44 bits per heavy atom. The van der Waals surface area contributed by atoms with E-state index >= 15 is 0 Å². The second kappa shape index (κ2) is 3.88. The molecular weight excluding hydrogens is 253 g/mol. The predicted molar refractivity (Wildman–Crippen MR) is 53.6 cm³/mol. The van der Waals surface area contributed by atoms with E-state index in [-0.39, 0.29) is 17.1 Å². The summed E-state index contributed by atoms with van der Waals surface area (Å²) in [6.07, 6.45) is -6.21. The van der Waals surface area contributed by atoms with E-state index in [0.717, 1.165) is 6.07 Å². The monoisotopic (exact) mass is 262 g/mol. The van der Waals surface area contributed by atoms with Crippen LogP contribution in [0, 0.1) is 0 Å². The van der Waals surface area contributed by atoms with E-state index in [0.29, 0.717) is 0 Å². The van der Waals surface area contributed by atoms with Crippen molar-refractivity contribution < 1.29 is 32.5 Å². The van der Waals surface area contributed by atoms with Crippen LogP contribution in [0.15, 0.2) is 18.2 Å². The highest BCUT2D eigenvalue weighted by molar-refractivity contribution is 6.00. The van der Waals surface area contributed by atoms with Gasteiger partial charge in [-0.1, -0.05) is 0 Å². The molecule has 98 valence electrons. The third-order valence-corrected chi connectivity index (χ3v) is 2.61. The highest BCUT2D eigenvalue weighted by Gasteiger charge is 2.60. The first kappa shape index (κ1) is 12.7. The average molecular weight is 262 g/mol. The molecule has 18 heavy (non-hydrogen) atoms. The lowest BCUT2D eigenvalue weighted by atomic mass is 9.98. The molecule has 1 heterocycles. The molecule has 0 radical (unpaired) electrons. The van der Waals surface area contributed by atoms with Crippen LogP contribution in [-0.4, -0.2) is 30.0 Å². The van der Waals surface area contributed by atoms with Gasteiger partial charge >= 0.3 is 12.0 Å². The summed E-state index contributed by atoms with van der Waals surface area (Å²) in [6.45, 7) is 0. The van der Waals surface area contributed by atoms with Gasteiger partial charge in [0.15, 0.2) is 5.78 Å². The maximum Gasteiger partial charge on any atom is 0.455 e. The zero-order valence-corrected chi connectivity index (χ0v) is 9.25. The number of hydrogen-bond donors (Lipinski definition) is 1. The van der Waals surface area contributed by atoms with Gasteiger partial charge in [0.2, 0.25) is 0 Å². The van der Waals surface area contributed by atoms with E-state index in [1.807, 2.05) is 0 Å². The Balaban J connectivity index is 2.47. The van der Waals surface area contributed by atoms with Crippen LogP contribution in [0.1, 0.15) is 16.8 Å². The number of halogens is 3. The van der Waals surface area contributed by atoms with E-state index in [4.69, 9.17) is 4.74 Å². The largest absolute Gasteiger partial charge is 0.497 e. The molecule has 1 aliphatic heterocycles. The molecule has 1 aromatic carbocycles. The fraction of sp³-hybridized carbons (Fsp3) is 0.364. The van der Waals surface area contributed by atoms with Gasteiger partial charge in [0.1, 0.15) is 11.5 Å². The highest BCUT2D eigenvalue weighted by Crippen LogP contribution is 2.42. The maximum atomic E-state index is 12.6. The molecule has 1 aliphatic rings. The molecule has 0 aromatic heterocycles. The minimum absolute atomic E-state index is 0.00951. The molecule has 7 heteroatoms. The quantitative estimate of drug-likeness (QED) is 0.840. The second-order valence-electron chi connectivity index (χ2n) is 3.85. The van der Waals surface area contributed by atoms with E-state index in [2.05, 4.69) is 4.74 Å². The van der Waals surface area contributed by atoms with Crippen molar-refractivity contribution in [1.29, 1.82) is 0 Å². The van der Waals surface area contributed by atoms with Crippen LogP contribution >= 0.6 is 0 Å². The molecule has 0 amide bonds. The summed E-state index contributed by atoms with van der Waals surface area (Å²) in [5, 5.41) is 9.38. The lowest BCUT2D eigenvalue weighted by molar-refractivity contribution is -0.334. The van der Waals surface area contributed by atoms with E-state index in [9.17, 15) is 23.1 Å². The first-order chi connectivity index (χ1) is 8.27. The topological polar surface area (TPSA) is 55.8 Å². The number of ketones is 1. The number of alkyl halides is 3. The molecule has 1 aromatic rings. The van der Waals surface area contributed by atoms with Gasteiger partial charge < -0.3 is 14.6 Å². The lowest BCUT2D eigenvalue weighted by Crippen LogP contribution is -2.53. The fourth-order valence-corrected chi connectivity index (χ4v) is 1.63. The van der Waals surface area contributed by atoms with Crippen LogP contribution in [0.3, 0.4) is 0 Å². The van der Waals surface area contributed by atoms with Crippen LogP contribution in [0.25, 0.3) is 0 Å². The number of aliphatic hydroxyl groups is 1. The molecular formula is C11H9F3O4. The number of rotatable bonds is 1. The molecule has 1 atom stereocenters. The third-order valence-electron chi connectivity index (χ3n) is 2.61. The Bertz CT molecular complexity index is 498. The van der Waals surface area contributed by atoms with Gasteiger partial charge in [0, 0.05) is 6.07 Å². The van der Waals surface area contributed by atoms with Gasteiger partial charge in [0.05, 0.1) is 19.1 Å².